The minimum atomic E-state index is 0.317. The Morgan fingerprint density at radius 1 is 1.14 bits per heavy atom. The van der Waals surface area contributed by atoms with Crippen LogP contribution in [-0.4, -0.2) is 25.3 Å². The van der Waals surface area contributed by atoms with Crippen LogP contribution >= 0.6 is 11.8 Å². The Morgan fingerprint density at radius 3 is 2.76 bits per heavy atom. The molecule has 1 aromatic heterocycles. The zero-order valence-electron chi connectivity index (χ0n) is 11.3. The summed E-state index contributed by atoms with van der Waals surface area (Å²) >= 11 is 1.70. The van der Waals surface area contributed by atoms with Crippen molar-refractivity contribution >= 4 is 22.5 Å². The monoisotopic (exact) mass is 298 g/mol. The van der Waals surface area contributed by atoms with Crippen molar-refractivity contribution in [1.82, 2.24) is 20.2 Å². The molecular formula is C15H14N4OS. The molecule has 0 radical (unpaired) electrons. The lowest BCUT2D eigenvalue weighted by Gasteiger charge is -2.08. The molecule has 5 nitrogen and oxygen atoms in total. The SMILES string of the molecule is Oc1ccc(SCc2nnnn2C2CC2)c2ccccc12. The lowest BCUT2D eigenvalue weighted by molar-refractivity contribution is 0.481. The van der Waals surface area contributed by atoms with Crippen LogP contribution < -0.4 is 0 Å². The largest absolute Gasteiger partial charge is 0.507 e. The first kappa shape index (κ1) is 12.6. The molecule has 0 saturated heterocycles. The number of aromatic nitrogens is 4. The molecule has 4 rings (SSSR count). The number of hydrogen-bond acceptors (Lipinski definition) is 5. The van der Waals surface area contributed by atoms with Crippen molar-refractivity contribution < 1.29 is 5.11 Å². The van der Waals surface area contributed by atoms with E-state index in [9.17, 15) is 5.11 Å². The Balaban J connectivity index is 1.62. The fourth-order valence-electron chi connectivity index (χ4n) is 2.43. The van der Waals surface area contributed by atoms with Crippen LogP contribution in [0.15, 0.2) is 41.3 Å². The Morgan fingerprint density at radius 2 is 1.95 bits per heavy atom. The number of thioether (sulfide) groups is 1. The molecule has 0 aliphatic heterocycles. The summed E-state index contributed by atoms with van der Waals surface area (Å²) in [7, 11) is 0. The maximum absolute atomic E-state index is 9.93. The van der Waals surface area contributed by atoms with E-state index in [1.807, 2.05) is 35.0 Å². The van der Waals surface area contributed by atoms with Crippen molar-refractivity contribution in [2.75, 3.05) is 0 Å². The second kappa shape index (κ2) is 5.04. The van der Waals surface area contributed by atoms with E-state index in [1.165, 1.54) is 12.8 Å². The Kier molecular flexibility index (Phi) is 3.03. The number of fused-ring (bicyclic) bond motifs is 1. The molecule has 1 fully saturated rings. The molecule has 1 saturated carbocycles. The number of hydrogen-bond donors (Lipinski definition) is 1. The molecule has 1 aliphatic rings. The molecule has 3 aromatic rings. The molecule has 6 heteroatoms. The highest BCUT2D eigenvalue weighted by atomic mass is 32.2. The molecule has 0 atom stereocenters. The third kappa shape index (κ3) is 2.35. The fourth-order valence-corrected chi connectivity index (χ4v) is 3.41. The van der Waals surface area contributed by atoms with Crippen molar-refractivity contribution in [1.29, 1.82) is 0 Å². The van der Waals surface area contributed by atoms with Gasteiger partial charge in [0, 0.05) is 10.3 Å². The molecule has 0 bridgehead atoms. The van der Waals surface area contributed by atoms with E-state index < -0.39 is 0 Å². The first-order chi connectivity index (χ1) is 10.3. The van der Waals surface area contributed by atoms with Crippen molar-refractivity contribution in [3.8, 4) is 5.75 Å². The standard InChI is InChI=1S/C15H14N4OS/c20-13-7-8-14(12-4-2-1-3-11(12)13)21-9-15-16-17-18-19(15)10-5-6-10/h1-4,7-8,10,20H,5-6,9H2. The molecule has 0 amide bonds. The van der Waals surface area contributed by atoms with E-state index in [4.69, 9.17) is 0 Å². The first-order valence-corrected chi connectivity index (χ1v) is 7.92. The van der Waals surface area contributed by atoms with Crippen molar-refractivity contribution in [2.24, 2.45) is 0 Å². The second-order valence-corrected chi connectivity index (χ2v) is 6.21. The summed E-state index contributed by atoms with van der Waals surface area (Å²) in [5.41, 5.74) is 0. The van der Waals surface area contributed by atoms with Gasteiger partial charge in [0.1, 0.15) is 5.75 Å². The summed E-state index contributed by atoms with van der Waals surface area (Å²) in [4.78, 5) is 1.13. The van der Waals surface area contributed by atoms with Crippen LogP contribution in [0.3, 0.4) is 0 Å². The summed E-state index contributed by atoms with van der Waals surface area (Å²) in [5.74, 6) is 1.97. The van der Waals surface area contributed by atoms with Gasteiger partial charge in [-0.25, -0.2) is 4.68 Å². The van der Waals surface area contributed by atoms with Gasteiger partial charge in [0.15, 0.2) is 5.82 Å². The number of aromatic hydroxyl groups is 1. The predicted octanol–water partition coefficient (Wildman–Crippen LogP) is 3.16. The highest BCUT2D eigenvalue weighted by Crippen LogP contribution is 2.37. The maximum Gasteiger partial charge on any atom is 0.161 e. The fraction of sp³-hybridized carbons (Fsp3) is 0.267. The van der Waals surface area contributed by atoms with Crippen molar-refractivity contribution in [3.05, 3.63) is 42.2 Å². The molecule has 21 heavy (non-hydrogen) atoms. The first-order valence-electron chi connectivity index (χ1n) is 6.93. The lowest BCUT2D eigenvalue weighted by Crippen LogP contribution is -2.02. The number of rotatable bonds is 4. The molecule has 1 heterocycles. The van der Waals surface area contributed by atoms with Gasteiger partial charge >= 0.3 is 0 Å². The van der Waals surface area contributed by atoms with Gasteiger partial charge in [-0.3, -0.25) is 0 Å². The zero-order valence-corrected chi connectivity index (χ0v) is 12.1. The molecular weight excluding hydrogens is 284 g/mol. The highest BCUT2D eigenvalue weighted by molar-refractivity contribution is 7.98. The number of benzene rings is 2. The third-order valence-corrected chi connectivity index (χ3v) is 4.74. The average Bonchev–Trinajstić information content (AvgIpc) is 3.26. The van der Waals surface area contributed by atoms with Gasteiger partial charge in [-0.1, -0.05) is 24.3 Å². The van der Waals surface area contributed by atoms with Crippen LogP contribution in [-0.2, 0) is 5.75 Å². The molecule has 1 N–H and O–H groups in total. The van der Waals surface area contributed by atoms with E-state index >= 15 is 0 Å². The minimum Gasteiger partial charge on any atom is -0.507 e. The normalized spacial score (nSPS) is 14.7. The van der Waals surface area contributed by atoms with E-state index in [0.717, 1.165) is 27.2 Å². The molecule has 0 unspecified atom stereocenters. The summed E-state index contributed by atoms with van der Waals surface area (Å²) < 4.78 is 1.94. The predicted molar refractivity (Wildman–Crippen MR) is 81.3 cm³/mol. The van der Waals surface area contributed by atoms with Crippen LogP contribution in [0.4, 0.5) is 0 Å². The van der Waals surface area contributed by atoms with Crippen molar-refractivity contribution in [2.45, 2.75) is 29.5 Å². The van der Waals surface area contributed by atoms with Gasteiger partial charge in [-0.15, -0.1) is 16.9 Å². The van der Waals surface area contributed by atoms with E-state index in [0.29, 0.717) is 11.8 Å². The van der Waals surface area contributed by atoms with Gasteiger partial charge in [0.05, 0.1) is 11.8 Å². The van der Waals surface area contributed by atoms with Crippen molar-refractivity contribution in [3.63, 3.8) is 0 Å². The van der Waals surface area contributed by atoms with Gasteiger partial charge in [-0.2, -0.15) is 0 Å². The number of phenols is 1. The zero-order chi connectivity index (χ0) is 14.2. The Hall–Kier alpha value is -2.08. The molecule has 2 aromatic carbocycles. The van der Waals surface area contributed by atoms with Gasteiger partial charge < -0.3 is 5.11 Å². The number of tetrazole rings is 1. The lowest BCUT2D eigenvalue weighted by atomic mass is 10.1. The third-order valence-electron chi connectivity index (χ3n) is 3.67. The minimum absolute atomic E-state index is 0.317. The van der Waals surface area contributed by atoms with Crippen LogP contribution in [0.5, 0.6) is 5.75 Å². The second-order valence-electron chi connectivity index (χ2n) is 5.19. The Bertz CT molecular complexity index is 797. The van der Waals surface area contributed by atoms with Crippen LogP contribution in [0.25, 0.3) is 10.8 Å². The highest BCUT2D eigenvalue weighted by Gasteiger charge is 2.27. The maximum atomic E-state index is 9.93. The van der Waals surface area contributed by atoms with Crippen LogP contribution in [0.1, 0.15) is 24.7 Å². The molecule has 106 valence electrons. The number of phenolic OH excluding ortho intramolecular Hbond substituents is 1. The quantitative estimate of drug-likeness (QED) is 0.750. The van der Waals surface area contributed by atoms with E-state index in [1.54, 1.807) is 17.8 Å². The average molecular weight is 298 g/mol. The van der Waals surface area contributed by atoms with Crippen LogP contribution in [0.2, 0.25) is 0 Å². The summed E-state index contributed by atoms with van der Waals surface area (Å²) in [6, 6.07) is 12.1. The molecule has 0 spiro atoms. The summed E-state index contributed by atoms with van der Waals surface area (Å²) in [5, 5.41) is 23.8. The Labute approximate surface area is 126 Å². The smallest absolute Gasteiger partial charge is 0.161 e. The topological polar surface area (TPSA) is 63.8 Å². The summed E-state index contributed by atoms with van der Waals surface area (Å²) in [6.45, 7) is 0. The van der Waals surface area contributed by atoms with E-state index in [-0.39, 0.29) is 0 Å². The van der Waals surface area contributed by atoms with Gasteiger partial charge in [0.2, 0.25) is 0 Å². The van der Waals surface area contributed by atoms with Crippen LogP contribution in [0, 0.1) is 0 Å². The number of nitrogens with zero attached hydrogens (tertiary/aromatic N) is 4. The molecule has 1 aliphatic carbocycles. The van der Waals surface area contributed by atoms with E-state index in [2.05, 4.69) is 15.5 Å². The van der Waals surface area contributed by atoms with Gasteiger partial charge in [0.25, 0.3) is 0 Å². The summed E-state index contributed by atoms with van der Waals surface area (Å²) in [6.07, 6.45) is 2.34. The van der Waals surface area contributed by atoms with Gasteiger partial charge in [-0.05, 0) is 40.8 Å².